The molecule has 0 N–H and O–H groups in total. The molecular formula is C33H46FN3O3. The van der Waals surface area contributed by atoms with E-state index in [1.807, 2.05) is 31.2 Å². The number of fused-ring (bicyclic) bond motifs is 4. The van der Waals surface area contributed by atoms with E-state index < -0.39 is 5.83 Å². The highest BCUT2D eigenvalue weighted by molar-refractivity contribution is 5.88. The molecule has 0 saturated carbocycles. The minimum Gasteiger partial charge on any atom is -0.497 e. The number of methoxy groups -OCH3 is 2. The number of carbonyl (C=O) groups excluding carboxylic acids is 1. The molecule has 1 aromatic heterocycles. The Morgan fingerprint density at radius 1 is 1.20 bits per heavy atom. The maximum Gasteiger partial charge on any atom is 0.225 e. The Balaban J connectivity index is 1.80. The highest BCUT2D eigenvalue weighted by Gasteiger charge is 2.46. The Kier molecular flexibility index (Phi) is 9.90. The number of piperidine rings is 1. The second kappa shape index (κ2) is 13.2. The molecule has 0 atom stereocenters. The average molecular weight is 552 g/mol. The van der Waals surface area contributed by atoms with Crippen molar-refractivity contribution < 1.29 is 18.7 Å². The van der Waals surface area contributed by atoms with Crippen molar-refractivity contribution in [2.75, 3.05) is 47.0 Å². The molecule has 2 aliphatic heterocycles. The van der Waals surface area contributed by atoms with E-state index in [0.717, 1.165) is 63.1 Å². The molecule has 1 spiro atoms. The number of likely N-dealkylation sites (tertiary alicyclic amines) is 1. The zero-order valence-corrected chi connectivity index (χ0v) is 25.0. The number of amides is 1. The van der Waals surface area contributed by atoms with E-state index in [2.05, 4.69) is 46.9 Å². The normalized spacial score (nSPS) is 17.8. The van der Waals surface area contributed by atoms with Crippen LogP contribution in [0.4, 0.5) is 4.39 Å². The summed E-state index contributed by atoms with van der Waals surface area (Å²) in [6.45, 7) is 14.5. The maximum absolute atomic E-state index is 14.6. The lowest BCUT2D eigenvalue weighted by atomic mass is 9.69. The molecule has 3 heterocycles. The molecule has 2 aromatic rings. The molecule has 0 bridgehead atoms. The van der Waals surface area contributed by atoms with Gasteiger partial charge in [0.2, 0.25) is 5.91 Å². The molecule has 1 amide bonds. The second-order valence-electron chi connectivity index (χ2n) is 11.2. The van der Waals surface area contributed by atoms with Gasteiger partial charge in [0.15, 0.2) is 0 Å². The third-order valence-electron chi connectivity index (χ3n) is 8.93. The van der Waals surface area contributed by atoms with E-state index in [1.54, 1.807) is 14.2 Å². The summed E-state index contributed by atoms with van der Waals surface area (Å²) < 4.78 is 28.0. The molecule has 7 heteroatoms. The number of hydrogen-bond acceptors (Lipinski definition) is 4. The molecule has 1 saturated heterocycles. The van der Waals surface area contributed by atoms with Gasteiger partial charge < -0.3 is 18.9 Å². The van der Waals surface area contributed by atoms with Crippen molar-refractivity contribution in [2.45, 2.75) is 65.0 Å². The molecule has 0 radical (unpaired) electrons. The smallest absolute Gasteiger partial charge is 0.225 e. The van der Waals surface area contributed by atoms with Gasteiger partial charge in [0.05, 0.1) is 19.2 Å². The van der Waals surface area contributed by atoms with Crippen LogP contribution in [0, 0.1) is 5.92 Å². The number of rotatable bonds is 11. The summed E-state index contributed by atoms with van der Waals surface area (Å²) in [5.74, 6) is 0.798. The van der Waals surface area contributed by atoms with Gasteiger partial charge >= 0.3 is 0 Å². The fourth-order valence-corrected chi connectivity index (χ4v) is 6.73. The zero-order chi connectivity index (χ0) is 28.9. The standard InChI is InChI=1S/C33H46FN3O3/c1-7-10-11-26(24(4)34)21-35-22-30-31(28-13-12-27(40-6)20-29(28)37(30)18-19-39-5)33(23-35)14-16-36(17-15-33)32(38)25(8-2)9-3/h7,10-13,20,25H,4,8-9,14-19,21-23H2,1-3,5-6H3/b10-7-,26-11-. The number of carbonyl (C=O) groups is 1. The fourth-order valence-electron chi connectivity index (χ4n) is 6.73. The third-order valence-corrected chi connectivity index (χ3v) is 8.93. The minimum absolute atomic E-state index is 0.0887. The van der Waals surface area contributed by atoms with Crippen LogP contribution in [0.1, 0.15) is 57.7 Å². The van der Waals surface area contributed by atoms with Crippen molar-refractivity contribution in [1.82, 2.24) is 14.4 Å². The van der Waals surface area contributed by atoms with Crippen molar-refractivity contribution in [1.29, 1.82) is 0 Å². The average Bonchev–Trinajstić information content (AvgIpc) is 3.27. The molecule has 1 fully saturated rings. The number of aromatic nitrogens is 1. The number of benzene rings is 1. The first kappa shape index (κ1) is 30.1. The number of allylic oxidation sites excluding steroid dienone is 3. The van der Waals surface area contributed by atoms with Gasteiger partial charge in [-0.3, -0.25) is 9.69 Å². The minimum atomic E-state index is -0.395. The Labute approximate surface area is 239 Å². The van der Waals surface area contributed by atoms with Gasteiger partial charge in [0, 0.05) is 80.4 Å². The summed E-state index contributed by atoms with van der Waals surface area (Å²) in [5.41, 5.74) is 4.22. The first-order valence-corrected chi connectivity index (χ1v) is 14.7. The highest BCUT2D eigenvalue weighted by atomic mass is 19.1. The lowest BCUT2D eigenvalue weighted by Crippen LogP contribution is -2.54. The molecule has 4 rings (SSSR count). The van der Waals surface area contributed by atoms with E-state index in [4.69, 9.17) is 9.47 Å². The monoisotopic (exact) mass is 551 g/mol. The van der Waals surface area contributed by atoms with Crippen LogP contribution < -0.4 is 4.74 Å². The van der Waals surface area contributed by atoms with E-state index >= 15 is 0 Å². The van der Waals surface area contributed by atoms with Gasteiger partial charge in [0.25, 0.3) is 0 Å². The quantitative estimate of drug-likeness (QED) is 0.304. The summed E-state index contributed by atoms with van der Waals surface area (Å²) in [4.78, 5) is 17.7. The molecule has 6 nitrogen and oxygen atoms in total. The summed E-state index contributed by atoms with van der Waals surface area (Å²) in [7, 11) is 3.42. The van der Waals surface area contributed by atoms with Crippen LogP contribution in [0.5, 0.6) is 5.75 Å². The van der Waals surface area contributed by atoms with Crippen molar-refractivity contribution in [3.05, 3.63) is 65.7 Å². The van der Waals surface area contributed by atoms with Crippen LogP contribution in [-0.2, 0) is 28.0 Å². The number of nitrogens with zero attached hydrogens (tertiary/aromatic N) is 3. The van der Waals surface area contributed by atoms with Crippen LogP contribution in [-0.4, -0.2) is 67.3 Å². The van der Waals surface area contributed by atoms with E-state index in [9.17, 15) is 9.18 Å². The van der Waals surface area contributed by atoms with Crippen molar-refractivity contribution >= 4 is 16.8 Å². The first-order chi connectivity index (χ1) is 19.3. The number of ether oxygens (including phenoxy) is 2. The molecule has 0 unspecified atom stereocenters. The topological polar surface area (TPSA) is 46.9 Å². The van der Waals surface area contributed by atoms with Crippen molar-refractivity contribution in [3.8, 4) is 5.75 Å². The van der Waals surface area contributed by atoms with E-state index in [-0.39, 0.29) is 17.2 Å². The molecule has 218 valence electrons. The van der Waals surface area contributed by atoms with Crippen LogP contribution in [0.25, 0.3) is 10.9 Å². The molecule has 40 heavy (non-hydrogen) atoms. The second-order valence-corrected chi connectivity index (χ2v) is 11.2. The summed E-state index contributed by atoms with van der Waals surface area (Å²) in [5, 5.41) is 1.24. The summed E-state index contributed by atoms with van der Waals surface area (Å²) in [6.07, 6.45) is 9.10. The van der Waals surface area contributed by atoms with Crippen molar-refractivity contribution in [3.63, 3.8) is 0 Å². The predicted molar refractivity (Wildman–Crippen MR) is 160 cm³/mol. The van der Waals surface area contributed by atoms with Gasteiger partial charge in [-0.25, -0.2) is 4.39 Å². The van der Waals surface area contributed by atoms with Gasteiger partial charge in [-0.15, -0.1) is 0 Å². The Bertz CT molecular complexity index is 1270. The number of hydrogen-bond donors (Lipinski definition) is 0. The zero-order valence-electron chi connectivity index (χ0n) is 25.0. The lowest BCUT2D eigenvalue weighted by molar-refractivity contribution is -0.137. The van der Waals surface area contributed by atoms with Gasteiger partial charge in [-0.1, -0.05) is 38.7 Å². The lowest BCUT2D eigenvalue weighted by Gasteiger charge is -2.48. The van der Waals surface area contributed by atoms with Gasteiger partial charge in [-0.05, 0) is 50.3 Å². The molecule has 1 aromatic carbocycles. The van der Waals surface area contributed by atoms with E-state index in [1.165, 1.54) is 16.6 Å². The molecular weight excluding hydrogens is 505 g/mol. The summed E-state index contributed by atoms with van der Waals surface area (Å²) >= 11 is 0. The van der Waals surface area contributed by atoms with Crippen LogP contribution in [0.15, 0.2) is 54.4 Å². The fraction of sp³-hybridized carbons (Fsp3) is 0.545. The van der Waals surface area contributed by atoms with Gasteiger partial charge in [0.1, 0.15) is 11.6 Å². The molecule has 0 aliphatic carbocycles. The van der Waals surface area contributed by atoms with Crippen LogP contribution in [0.3, 0.4) is 0 Å². The van der Waals surface area contributed by atoms with Crippen molar-refractivity contribution in [2.24, 2.45) is 5.92 Å². The molecule has 2 aliphatic rings. The SMILES string of the molecule is C=C(F)/C(=C\C=C/C)CN1Cc2c(c3ccc(OC)cc3n2CCOC)C2(CCN(C(=O)C(CC)CC)CC2)C1. The van der Waals surface area contributed by atoms with E-state index in [0.29, 0.717) is 25.3 Å². The first-order valence-electron chi connectivity index (χ1n) is 14.7. The largest absolute Gasteiger partial charge is 0.497 e. The highest BCUT2D eigenvalue weighted by Crippen LogP contribution is 2.47. The van der Waals surface area contributed by atoms with Crippen LogP contribution in [0.2, 0.25) is 0 Å². The Hall–Kier alpha value is -2.90. The summed E-state index contributed by atoms with van der Waals surface area (Å²) in [6, 6.07) is 6.35. The van der Waals surface area contributed by atoms with Gasteiger partial charge in [-0.2, -0.15) is 0 Å². The Morgan fingerprint density at radius 2 is 1.93 bits per heavy atom. The van der Waals surface area contributed by atoms with Crippen LogP contribution >= 0.6 is 0 Å². The predicted octanol–water partition coefficient (Wildman–Crippen LogP) is 6.39. The third kappa shape index (κ3) is 5.91. The maximum atomic E-state index is 14.6. The number of halogens is 1. The Morgan fingerprint density at radius 3 is 2.52 bits per heavy atom.